The number of para-hydroxylation sites is 1. The fourth-order valence-corrected chi connectivity index (χ4v) is 2.77. The number of carbonyl (C=O) groups excluding carboxylic acids is 2. The third-order valence-electron chi connectivity index (χ3n) is 4.23. The Morgan fingerprint density at radius 1 is 0.839 bits per heavy atom. The average Bonchev–Trinajstić information content (AvgIpc) is 2.77. The highest BCUT2D eigenvalue weighted by molar-refractivity contribution is 5.95. The number of alkyl halides is 2. The van der Waals surface area contributed by atoms with Crippen LogP contribution < -0.4 is 20.3 Å². The van der Waals surface area contributed by atoms with E-state index in [2.05, 4.69) is 15.6 Å². The molecule has 3 rings (SSSR count). The SMILES string of the molecule is O=C(COc1ccccc1Cc1ccccc1)NNC(=O)c1ccc(OC(F)F)cc1. The molecule has 0 aromatic heterocycles. The van der Waals surface area contributed by atoms with Crippen LogP contribution in [0.2, 0.25) is 0 Å². The zero-order chi connectivity index (χ0) is 22.1. The lowest BCUT2D eigenvalue weighted by molar-refractivity contribution is -0.123. The van der Waals surface area contributed by atoms with Gasteiger partial charge in [-0.05, 0) is 41.5 Å². The maximum atomic E-state index is 12.2. The molecule has 0 aliphatic carbocycles. The number of hydrogen-bond acceptors (Lipinski definition) is 4. The van der Waals surface area contributed by atoms with Gasteiger partial charge < -0.3 is 9.47 Å². The molecular formula is C23H20F2N2O4. The summed E-state index contributed by atoms with van der Waals surface area (Å²) in [5.41, 5.74) is 6.70. The largest absolute Gasteiger partial charge is 0.483 e. The van der Waals surface area contributed by atoms with Gasteiger partial charge in [-0.15, -0.1) is 0 Å². The molecule has 2 N–H and O–H groups in total. The van der Waals surface area contributed by atoms with Crippen molar-refractivity contribution in [3.05, 3.63) is 95.6 Å². The molecule has 160 valence electrons. The summed E-state index contributed by atoms with van der Waals surface area (Å²) in [6, 6.07) is 22.3. The summed E-state index contributed by atoms with van der Waals surface area (Å²) < 4.78 is 34.1. The fraction of sp³-hybridized carbons (Fsp3) is 0.130. The lowest BCUT2D eigenvalue weighted by atomic mass is 10.0. The van der Waals surface area contributed by atoms with Crippen LogP contribution in [0.15, 0.2) is 78.9 Å². The van der Waals surface area contributed by atoms with Gasteiger partial charge in [0.1, 0.15) is 11.5 Å². The number of benzene rings is 3. The van der Waals surface area contributed by atoms with E-state index in [1.54, 1.807) is 6.07 Å². The van der Waals surface area contributed by atoms with Gasteiger partial charge in [0.25, 0.3) is 11.8 Å². The number of amides is 2. The third kappa shape index (κ3) is 6.81. The van der Waals surface area contributed by atoms with Crippen molar-refractivity contribution in [1.82, 2.24) is 10.9 Å². The summed E-state index contributed by atoms with van der Waals surface area (Å²) in [7, 11) is 0. The van der Waals surface area contributed by atoms with Crippen LogP contribution in [0.5, 0.6) is 11.5 Å². The Kier molecular flexibility index (Phi) is 7.53. The van der Waals surface area contributed by atoms with Crippen LogP contribution in [0.1, 0.15) is 21.5 Å². The van der Waals surface area contributed by atoms with Crippen molar-refractivity contribution in [2.45, 2.75) is 13.0 Å². The first-order chi connectivity index (χ1) is 15.0. The van der Waals surface area contributed by atoms with Gasteiger partial charge in [0.05, 0.1) is 0 Å². The van der Waals surface area contributed by atoms with Gasteiger partial charge in [-0.25, -0.2) is 0 Å². The van der Waals surface area contributed by atoms with Gasteiger partial charge in [-0.3, -0.25) is 20.4 Å². The lowest BCUT2D eigenvalue weighted by Crippen LogP contribution is -2.43. The quantitative estimate of drug-likeness (QED) is 0.539. The summed E-state index contributed by atoms with van der Waals surface area (Å²) in [5, 5.41) is 0. The molecule has 3 aromatic carbocycles. The molecule has 8 heteroatoms. The second-order valence-corrected chi connectivity index (χ2v) is 6.46. The minimum atomic E-state index is -2.95. The molecule has 0 spiro atoms. The Morgan fingerprint density at radius 2 is 1.52 bits per heavy atom. The van der Waals surface area contributed by atoms with Crippen molar-refractivity contribution < 1.29 is 27.8 Å². The van der Waals surface area contributed by atoms with Crippen LogP contribution in [-0.2, 0) is 11.2 Å². The van der Waals surface area contributed by atoms with E-state index in [0.717, 1.165) is 11.1 Å². The first-order valence-corrected chi connectivity index (χ1v) is 9.40. The molecule has 0 radical (unpaired) electrons. The second-order valence-electron chi connectivity index (χ2n) is 6.46. The van der Waals surface area contributed by atoms with E-state index in [4.69, 9.17) is 4.74 Å². The Labute approximate surface area is 177 Å². The maximum Gasteiger partial charge on any atom is 0.387 e. The van der Waals surface area contributed by atoms with Gasteiger partial charge in [-0.1, -0.05) is 48.5 Å². The molecule has 31 heavy (non-hydrogen) atoms. The summed E-state index contributed by atoms with van der Waals surface area (Å²) in [6.07, 6.45) is 0.653. The van der Waals surface area contributed by atoms with Crippen molar-refractivity contribution in [2.24, 2.45) is 0 Å². The molecule has 0 heterocycles. The fourth-order valence-electron chi connectivity index (χ4n) is 2.77. The number of nitrogens with one attached hydrogen (secondary N) is 2. The van der Waals surface area contributed by atoms with E-state index in [-0.39, 0.29) is 17.9 Å². The number of halogens is 2. The van der Waals surface area contributed by atoms with Crippen LogP contribution >= 0.6 is 0 Å². The van der Waals surface area contributed by atoms with Gasteiger partial charge >= 0.3 is 6.61 Å². The van der Waals surface area contributed by atoms with E-state index >= 15 is 0 Å². The Balaban J connectivity index is 1.49. The molecule has 0 fully saturated rings. The van der Waals surface area contributed by atoms with Crippen molar-refractivity contribution in [3.8, 4) is 11.5 Å². The topological polar surface area (TPSA) is 76.7 Å². The Bertz CT molecular complexity index is 1010. The van der Waals surface area contributed by atoms with E-state index in [1.807, 2.05) is 48.5 Å². The predicted octanol–water partition coefficient (Wildman–Crippen LogP) is 3.72. The second kappa shape index (κ2) is 10.7. The number of carbonyl (C=O) groups is 2. The molecule has 0 atom stereocenters. The lowest BCUT2D eigenvalue weighted by Gasteiger charge is -2.12. The molecular weight excluding hydrogens is 406 g/mol. The smallest absolute Gasteiger partial charge is 0.387 e. The van der Waals surface area contributed by atoms with Gasteiger partial charge in [0.2, 0.25) is 0 Å². The zero-order valence-electron chi connectivity index (χ0n) is 16.4. The van der Waals surface area contributed by atoms with Crippen LogP contribution in [0, 0.1) is 0 Å². The monoisotopic (exact) mass is 426 g/mol. The summed E-state index contributed by atoms with van der Waals surface area (Å²) in [6.45, 7) is -3.25. The molecule has 0 aliphatic rings. The third-order valence-corrected chi connectivity index (χ3v) is 4.23. The highest BCUT2D eigenvalue weighted by Gasteiger charge is 2.11. The highest BCUT2D eigenvalue weighted by atomic mass is 19.3. The summed E-state index contributed by atoms with van der Waals surface area (Å²) in [4.78, 5) is 24.1. The normalized spacial score (nSPS) is 10.4. The number of ether oxygens (including phenoxy) is 2. The van der Waals surface area contributed by atoms with Crippen LogP contribution in [0.4, 0.5) is 8.78 Å². The van der Waals surface area contributed by atoms with Crippen LogP contribution in [0.3, 0.4) is 0 Å². The molecule has 2 amide bonds. The predicted molar refractivity (Wildman–Crippen MR) is 110 cm³/mol. The van der Waals surface area contributed by atoms with Gasteiger partial charge in [-0.2, -0.15) is 8.78 Å². The van der Waals surface area contributed by atoms with E-state index in [9.17, 15) is 18.4 Å². The van der Waals surface area contributed by atoms with Crippen molar-refractivity contribution >= 4 is 11.8 Å². The van der Waals surface area contributed by atoms with Gasteiger partial charge in [0, 0.05) is 12.0 Å². The summed E-state index contributed by atoms with van der Waals surface area (Å²) in [5.74, 6) is -0.664. The number of hydrogen-bond donors (Lipinski definition) is 2. The first kappa shape index (κ1) is 21.8. The molecule has 0 unspecified atom stereocenters. The highest BCUT2D eigenvalue weighted by Crippen LogP contribution is 2.21. The van der Waals surface area contributed by atoms with Crippen molar-refractivity contribution in [3.63, 3.8) is 0 Å². The minimum Gasteiger partial charge on any atom is -0.483 e. The zero-order valence-corrected chi connectivity index (χ0v) is 16.4. The van der Waals surface area contributed by atoms with Crippen molar-refractivity contribution in [1.29, 1.82) is 0 Å². The van der Waals surface area contributed by atoms with Crippen LogP contribution in [-0.4, -0.2) is 25.0 Å². The Morgan fingerprint density at radius 3 is 2.23 bits per heavy atom. The van der Waals surface area contributed by atoms with E-state index in [0.29, 0.717) is 12.2 Å². The maximum absolute atomic E-state index is 12.2. The number of rotatable bonds is 8. The standard InChI is InChI=1S/C23H20F2N2O4/c24-23(25)31-19-12-10-17(11-13-19)22(29)27-26-21(28)15-30-20-9-5-4-8-18(20)14-16-6-2-1-3-7-16/h1-13,23H,14-15H2,(H,26,28)(H,27,29). The Hall–Kier alpha value is -3.94. The molecule has 0 aliphatic heterocycles. The van der Waals surface area contributed by atoms with E-state index < -0.39 is 18.4 Å². The molecule has 3 aromatic rings. The van der Waals surface area contributed by atoms with E-state index in [1.165, 1.54) is 24.3 Å². The van der Waals surface area contributed by atoms with Crippen LogP contribution in [0.25, 0.3) is 0 Å². The molecule has 0 saturated carbocycles. The van der Waals surface area contributed by atoms with Gasteiger partial charge in [0.15, 0.2) is 6.61 Å². The molecule has 6 nitrogen and oxygen atoms in total. The number of hydrazine groups is 1. The average molecular weight is 426 g/mol. The summed E-state index contributed by atoms with van der Waals surface area (Å²) >= 11 is 0. The first-order valence-electron chi connectivity index (χ1n) is 9.40. The minimum absolute atomic E-state index is 0.0712. The molecule has 0 bridgehead atoms. The van der Waals surface area contributed by atoms with Crippen molar-refractivity contribution in [2.75, 3.05) is 6.61 Å². The molecule has 0 saturated heterocycles.